The molecule has 2 heterocycles. The van der Waals surface area contributed by atoms with Gasteiger partial charge in [0.2, 0.25) is 0 Å². The Kier molecular flexibility index (Phi) is 4.06. The number of amides is 1. The highest BCUT2D eigenvalue weighted by Crippen LogP contribution is 2.42. The lowest BCUT2D eigenvalue weighted by molar-refractivity contribution is -0.122. The highest BCUT2D eigenvalue weighted by atomic mass is 32.2. The van der Waals surface area contributed by atoms with Crippen LogP contribution in [0, 0.1) is 0 Å². The first-order valence-electron chi connectivity index (χ1n) is 4.90. The summed E-state index contributed by atoms with van der Waals surface area (Å²) in [5.41, 5.74) is 0. The topological polar surface area (TPSA) is 35.9 Å². The van der Waals surface area contributed by atoms with Gasteiger partial charge in [0.15, 0.2) is 4.38 Å². The number of likely N-dealkylation sites (N-methyl/N-ethyl adjacent to an activating group) is 1. The Morgan fingerprint density at radius 3 is 2.65 bits per heavy atom. The van der Waals surface area contributed by atoms with Crippen molar-refractivity contribution in [3.05, 3.63) is 9.93 Å². The zero-order valence-electron chi connectivity index (χ0n) is 9.59. The second-order valence-electron chi connectivity index (χ2n) is 3.25. The lowest BCUT2D eigenvalue weighted by Gasteiger charge is -2.11. The standard InChI is InChI=1S/C9H11N3OS4/c1-4-12-6(13)5(16-9(12)14)7-11(2)10-8(15-3)17-7/h4H2,1-3H3/b7-5-. The van der Waals surface area contributed by atoms with Gasteiger partial charge < -0.3 is 0 Å². The van der Waals surface area contributed by atoms with Crippen LogP contribution >= 0.6 is 47.5 Å². The van der Waals surface area contributed by atoms with E-state index in [0.717, 1.165) is 9.40 Å². The van der Waals surface area contributed by atoms with E-state index in [0.29, 0.717) is 15.8 Å². The molecular weight excluding hydrogens is 294 g/mol. The van der Waals surface area contributed by atoms with Crippen molar-refractivity contribution in [1.82, 2.24) is 9.91 Å². The lowest BCUT2D eigenvalue weighted by atomic mass is 10.5. The highest BCUT2D eigenvalue weighted by molar-refractivity contribution is 8.40. The van der Waals surface area contributed by atoms with E-state index in [2.05, 4.69) is 5.10 Å². The smallest absolute Gasteiger partial charge is 0.268 e. The van der Waals surface area contributed by atoms with Gasteiger partial charge in [0.25, 0.3) is 5.91 Å². The highest BCUT2D eigenvalue weighted by Gasteiger charge is 2.36. The van der Waals surface area contributed by atoms with Gasteiger partial charge in [0.1, 0.15) is 14.3 Å². The van der Waals surface area contributed by atoms with E-state index in [9.17, 15) is 4.79 Å². The molecule has 0 N–H and O–H groups in total. The van der Waals surface area contributed by atoms with Gasteiger partial charge >= 0.3 is 0 Å². The van der Waals surface area contributed by atoms with Gasteiger partial charge in [0.05, 0.1) is 0 Å². The van der Waals surface area contributed by atoms with Crippen LogP contribution in [-0.4, -0.2) is 44.4 Å². The number of carbonyl (C=O) groups excluding carboxylic acids is 1. The number of thioether (sulfide) groups is 3. The minimum Gasteiger partial charge on any atom is -0.293 e. The Hall–Kier alpha value is -0.180. The van der Waals surface area contributed by atoms with Crippen LogP contribution in [0.1, 0.15) is 6.92 Å². The van der Waals surface area contributed by atoms with Crippen LogP contribution in [0.15, 0.2) is 15.0 Å². The first kappa shape index (κ1) is 13.3. The summed E-state index contributed by atoms with van der Waals surface area (Å²) >= 11 is 9.65. The summed E-state index contributed by atoms with van der Waals surface area (Å²) in [7, 11) is 1.85. The molecule has 8 heteroatoms. The first-order chi connectivity index (χ1) is 8.08. The summed E-state index contributed by atoms with van der Waals surface area (Å²) in [5.74, 6) is -0.00518. The third-order valence-corrected chi connectivity index (χ3v) is 5.91. The zero-order valence-corrected chi connectivity index (χ0v) is 12.9. The number of thiocarbonyl (C=S) groups is 1. The van der Waals surface area contributed by atoms with Crippen molar-refractivity contribution in [2.75, 3.05) is 19.8 Å². The van der Waals surface area contributed by atoms with E-state index in [-0.39, 0.29) is 5.91 Å². The Morgan fingerprint density at radius 2 is 2.18 bits per heavy atom. The van der Waals surface area contributed by atoms with Crippen molar-refractivity contribution in [2.24, 2.45) is 5.10 Å². The maximum Gasteiger partial charge on any atom is 0.268 e. The van der Waals surface area contributed by atoms with Crippen molar-refractivity contribution in [2.45, 2.75) is 6.92 Å². The molecule has 4 nitrogen and oxygen atoms in total. The first-order valence-corrected chi connectivity index (χ1v) is 8.17. The quantitative estimate of drug-likeness (QED) is 0.547. The van der Waals surface area contributed by atoms with Gasteiger partial charge in [-0.1, -0.05) is 24.0 Å². The van der Waals surface area contributed by atoms with Crippen LogP contribution in [-0.2, 0) is 4.79 Å². The molecule has 2 aliphatic rings. The van der Waals surface area contributed by atoms with E-state index >= 15 is 0 Å². The summed E-state index contributed by atoms with van der Waals surface area (Å²) in [6.07, 6.45) is 1.97. The third kappa shape index (κ3) is 2.35. The Labute approximate surface area is 118 Å². The minimum atomic E-state index is -0.00518. The van der Waals surface area contributed by atoms with Crippen LogP contribution in [0.5, 0.6) is 0 Å². The SMILES string of the molecule is CCN1C(=O)/C(=C2/SC(SC)=NN2C)SC1=S. The third-order valence-electron chi connectivity index (χ3n) is 2.24. The fourth-order valence-electron chi connectivity index (χ4n) is 1.41. The maximum atomic E-state index is 12.1. The molecule has 1 amide bonds. The Balaban J connectivity index is 2.30. The molecule has 0 aromatic carbocycles. The second kappa shape index (κ2) is 5.21. The van der Waals surface area contributed by atoms with E-state index in [4.69, 9.17) is 12.2 Å². The van der Waals surface area contributed by atoms with Crippen molar-refractivity contribution < 1.29 is 4.79 Å². The summed E-state index contributed by atoms with van der Waals surface area (Å²) in [6, 6.07) is 0. The Bertz CT molecular complexity index is 446. The largest absolute Gasteiger partial charge is 0.293 e. The van der Waals surface area contributed by atoms with Gasteiger partial charge in [0, 0.05) is 13.6 Å². The molecule has 0 saturated carbocycles. The van der Waals surface area contributed by atoms with E-state index in [1.807, 2.05) is 20.2 Å². The predicted molar refractivity (Wildman–Crippen MR) is 80.9 cm³/mol. The van der Waals surface area contributed by atoms with E-state index < -0.39 is 0 Å². The molecule has 0 unspecified atom stereocenters. The molecule has 0 atom stereocenters. The predicted octanol–water partition coefficient (Wildman–Crippen LogP) is 2.35. The molecule has 1 fully saturated rings. The average Bonchev–Trinajstić information content (AvgIpc) is 2.80. The molecular formula is C9H11N3OS4. The monoisotopic (exact) mass is 305 g/mol. The molecule has 0 aromatic rings. The summed E-state index contributed by atoms with van der Waals surface area (Å²) in [6.45, 7) is 2.54. The van der Waals surface area contributed by atoms with E-state index in [1.165, 1.54) is 23.5 Å². The summed E-state index contributed by atoms with van der Waals surface area (Å²) < 4.78 is 1.58. The van der Waals surface area contributed by atoms with E-state index in [1.54, 1.807) is 21.7 Å². The van der Waals surface area contributed by atoms with Gasteiger partial charge in [-0.15, -0.1) is 11.8 Å². The van der Waals surface area contributed by atoms with Gasteiger partial charge in [-0.05, 0) is 24.9 Å². The fraction of sp³-hybridized carbons (Fsp3) is 0.444. The van der Waals surface area contributed by atoms with Crippen molar-refractivity contribution >= 4 is 62.1 Å². The van der Waals surface area contributed by atoms with Crippen LogP contribution in [0.2, 0.25) is 0 Å². The zero-order chi connectivity index (χ0) is 12.6. The number of hydrogen-bond acceptors (Lipinski definition) is 7. The fourth-order valence-corrected chi connectivity index (χ4v) is 4.49. The van der Waals surface area contributed by atoms with Crippen LogP contribution in [0.25, 0.3) is 0 Å². The van der Waals surface area contributed by atoms with Gasteiger partial charge in [-0.3, -0.25) is 14.7 Å². The molecule has 17 heavy (non-hydrogen) atoms. The average molecular weight is 305 g/mol. The van der Waals surface area contributed by atoms with Crippen molar-refractivity contribution in [1.29, 1.82) is 0 Å². The van der Waals surface area contributed by atoms with Crippen LogP contribution < -0.4 is 0 Å². The normalized spacial score (nSPS) is 25.0. The number of rotatable bonds is 1. The summed E-state index contributed by atoms with van der Waals surface area (Å²) in [5, 5.41) is 6.96. The molecule has 0 radical (unpaired) electrons. The lowest BCUT2D eigenvalue weighted by Crippen LogP contribution is -2.27. The molecule has 1 saturated heterocycles. The molecule has 0 spiro atoms. The van der Waals surface area contributed by atoms with Crippen molar-refractivity contribution in [3.63, 3.8) is 0 Å². The molecule has 0 bridgehead atoms. The number of hydrogen-bond donors (Lipinski definition) is 0. The van der Waals surface area contributed by atoms with Gasteiger partial charge in [-0.25, -0.2) is 0 Å². The molecule has 0 aliphatic carbocycles. The minimum absolute atomic E-state index is 0.00518. The second-order valence-corrected chi connectivity index (χ2v) is 6.92. The van der Waals surface area contributed by atoms with Crippen LogP contribution in [0.4, 0.5) is 0 Å². The molecule has 0 aromatic heterocycles. The number of carbonyl (C=O) groups is 1. The number of hydrazone groups is 1. The molecule has 2 aliphatic heterocycles. The number of nitrogens with zero attached hydrogens (tertiary/aromatic N) is 3. The summed E-state index contributed by atoms with van der Waals surface area (Å²) in [4.78, 5) is 14.4. The maximum absolute atomic E-state index is 12.1. The molecule has 92 valence electrons. The van der Waals surface area contributed by atoms with Gasteiger partial charge in [-0.2, -0.15) is 5.10 Å². The molecule has 2 rings (SSSR count). The Morgan fingerprint density at radius 1 is 1.47 bits per heavy atom. The van der Waals surface area contributed by atoms with Crippen LogP contribution in [0.3, 0.4) is 0 Å². The van der Waals surface area contributed by atoms with Crippen molar-refractivity contribution in [3.8, 4) is 0 Å².